The summed E-state index contributed by atoms with van der Waals surface area (Å²) in [6, 6.07) is 3.46. The number of ether oxygens (including phenoxy) is 1. The number of likely N-dealkylation sites (tertiary alicyclic amines) is 1. The van der Waals surface area contributed by atoms with Crippen molar-refractivity contribution in [2.45, 2.75) is 30.6 Å². The molecule has 2 heterocycles. The van der Waals surface area contributed by atoms with Crippen molar-refractivity contribution in [2.24, 2.45) is 0 Å². The van der Waals surface area contributed by atoms with Crippen molar-refractivity contribution in [1.29, 1.82) is 0 Å². The highest BCUT2D eigenvalue weighted by Gasteiger charge is 2.29. The number of rotatable bonds is 3. The summed E-state index contributed by atoms with van der Waals surface area (Å²) in [5, 5.41) is 0. The lowest BCUT2D eigenvalue weighted by Gasteiger charge is -2.26. The number of hydrogen-bond donors (Lipinski definition) is 0. The summed E-state index contributed by atoms with van der Waals surface area (Å²) in [6.07, 6.45) is 3.88. The number of nitrogens with zero attached hydrogens (tertiary/aromatic N) is 2. The predicted octanol–water partition coefficient (Wildman–Crippen LogP) is 1.86. The molecule has 25 heavy (non-hydrogen) atoms. The lowest BCUT2D eigenvalue weighted by Crippen LogP contribution is -2.40. The Kier molecular flexibility index (Phi) is 5.71. The molecule has 2 fully saturated rings. The van der Waals surface area contributed by atoms with Crippen molar-refractivity contribution in [1.82, 2.24) is 9.21 Å². The summed E-state index contributed by atoms with van der Waals surface area (Å²) in [6.45, 7) is 2.35. The van der Waals surface area contributed by atoms with Crippen LogP contribution < -0.4 is 0 Å². The highest BCUT2D eigenvalue weighted by molar-refractivity contribution is 7.89. The van der Waals surface area contributed by atoms with Crippen LogP contribution >= 0.6 is 0 Å². The van der Waals surface area contributed by atoms with Crippen LogP contribution in [-0.2, 0) is 14.8 Å². The van der Waals surface area contributed by atoms with E-state index < -0.39 is 21.7 Å². The van der Waals surface area contributed by atoms with Gasteiger partial charge in [-0.15, -0.1) is 0 Å². The molecule has 0 unspecified atom stereocenters. The third-order valence-corrected chi connectivity index (χ3v) is 6.56. The minimum atomic E-state index is -3.76. The molecule has 8 heteroatoms. The minimum absolute atomic E-state index is 0.0472. The Hall–Kier alpha value is -1.51. The zero-order valence-corrected chi connectivity index (χ0v) is 14.9. The first-order valence-electron chi connectivity index (χ1n) is 8.67. The first kappa shape index (κ1) is 18.3. The fourth-order valence-electron chi connectivity index (χ4n) is 3.21. The van der Waals surface area contributed by atoms with Crippen molar-refractivity contribution < 1.29 is 22.3 Å². The Morgan fingerprint density at radius 2 is 1.64 bits per heavy atom. The van der Waals surface area contributed by atoms with Gasteiger partial charge < -0.3 is 9.64 Å². The Bertz CT molecular complexity index is 724. The van der Waals surface area contributed by atoms with Gasteiger partial charge in [0, 0.05) is 26.2 Å². The van der Waals surface area contributed by atoms with Gasteiger partial charge in [0.25, 0.3) is 5.91 Å². The second-order valence-corrected chi connectivity index (χ2v) is 8.30. The molecule has 1 aromatic rings. The topological polar surface area (TPSA) is 66.9 Å². The van der Waals surface area contributed by atoms with E-state index in [9.17, 15) is 17.6 Å². The number of sulfonamides is 1. The SMILES string of the molecule is O=C(c1cc(S(=O)(=O)N2CCOCC2)ccc1F)N1CCCCCC1. The molecule has 0 N–H and O–H groups in total. The Balaban J connectivity index is 1.88. The second-order valence-electron chi connectivity index (χ2n) is 6.36. The maximum Gasteiger partial charge on any atom is 0.256 e. The van der Waals surface area contributed by atoms with E-state index in [1.165, 1.54) is 16.4 Å². The number of carbonyl (C=O) groups excluding carboxylic acids is 1. The lowest BCUT2D eigenvalue weighted by molar-refractivity contribution is 0.0729. The molecule has 6 nitrogen and oxygen atoms in total. The molecule has 3 rings (SSSR count). The van der Waals surface area contributed by atoms with Gasteiger partial charge in [0.2, 0.25) is 10.0 Å². The van der Waals surface area contributed by atoms with Crippen LogP contribution in [0.25, 0.3) is 0 Å². The lowest BCUT2D eigenvalue weighted by atomic mass is 10.2. The monoisotopic (exact) mass is 370 g/mol. The standard InChI is InChI=1S/C17H23FN2O4S/c18-16-6-5-14(25(22,23)20-9-11-24-12-10-20)13-15(16)17(21)19-7-3-1-2-4-8-19/h5-6,13H,1-4,7-12H2. The second kappa shape index (κ2) is 7.80. The van der Waals surface area contributed by atoms with Gasteiger partial charge in [-0.1, -0.05) is 12.8 Å². The van der Waals surface area contributed by atoms with Gasteiger partial charge in [-0.25, -0.2) is 12.8 Å². The van der Waals surface area contributed by atoms with Crippen molar-refractivity contribution in [3.63, 3.8) is 0 Å². The van der Waals surface area contributed by atoms with Crippen LogP contribution in [0.1, 0.15) is 36.0 Å². The average Bonchev–Trinajstić information content (AvgIpc) is 2.91. The van der Waals surface area contributed by atoms with E-state index >= 15 is 0 Å². The summed E-state index contributed by atoms with van der Waals surface area (Å²) in [5.74, 6) is -1.12. The fraction of sp³-hybridized carbons (Fsp3) is 0.588. The van der Waals surface area contributed by atoms with Crippen LogP contribution in [0, 0.1) is 5.82 Å². The highest BCUT2D eigenvalue weighted by Crippen LogP contribution is 2.22. The molecule has 2 saturated heterocycles. The summed E-state index contributed by atoms with van der Waals surface area (Å²) in [4.78, 5) is 14.3. The van der Waals surface area contributed by atoms with Gasteiger partial charge in [0.05, 0.1) is 23.7 Å². The molecule has 0 spiro atoms. The molecule has 1 aromatic carbocycles. The first-order valence-corrected chi connectivity index (χ1v) is 10.1. The zero-order valence-electron chi connectivity index (χ0n) is 14.1. The van der Waals surface area contributed by atoms with Crippen LogP contribution in [0.15, 0.2) is 23.1 Å². The fourth-order valence-corrected chi connectivity index (χ4v) is 4.64. The number of morpholine rings is 1. The van der Waals surface area contributed by atoms with Gasteiger partial charge in [0.15, 0.2) is 0 Å². The van der Waals surface area contributed by atoms with E-state index in [0.29, 0.717) is 26.3 Å². The molecule has 2 aliphatic heterocycles. The van der Waals surface area contributed by atoms with E-state index in [1.807, 2.05) is 0 Å². The van der Waals surface area contributed by atoms with Crippen LogP contribution in [0.3, 0.4) is 0 Å². The maximum absolute atomic E-state index is 14.2. The van der Waals surface area contributed by atoms with Gasteiger partial charge in [0.1, 0.15) is 5.82 Å². The molecule has 0 aliphatic carbocycles. The minimum Gasteiger partial charge on any atom is -0.379 e. The number of amides is 1. The molecule has 0 saturated carbocycles. The van der Waals surface area contributed by atoms with Gasteiger partial charge in [-0.3, -0.25) is 4.79 Å². The predicted molar refractivity (Wildman–Crippen MR) is 90.3 cm³/mol. The molecule has 0 aromatic heterocycles. The van der Waals surface area contributed by atoms with E-state index in [2.05, 4.69) is 0 Å². The molecular weight excluding hydrogens is 347 g/mol. The molecule has 0 atom stereocenters. The van der Waals surface area contributed by atoms with E-state index in [4.69, 9.17) is 4.74 Å². The Morgan fingerprint density at radius 1 is 1.00 bits per heavy atom. The van der Waals surface area contributed by atoms with Crippen LogP contribution in [0.2, 0.25) is 0 Å². The maximum atomic E-state index is 14.2. The quantitative estimate of drug-likeness (QED) is 0.815. The number of benzene rings is 1. The zero-order chi connectivity index (χ0) is 17.9. The summed E-state index contributed by atoms with van der Waals surface area (Å²) < 4.78 is 46.2. The van der Waals surface area contributed by atoms with Crippen molar-refractivity contribution in [3.8, 4) is 0 Å². The molecular formula is C17H23FN2O4S. The number of halogens is 1. The summed E-state index contributed by atoms with van der Waals surface area (Å²) >= 11 is 0. The van der Waals surface area contributed by atoms with Crippen LogP contribution in [0.4, 0.5) is 4.39 Å². The molecule has 0 radical (unpaired) electrons. The van der Waals surface area contributed by atoms with Crippen molar-refractivity contribution >= 4 is 15.9 Å². The van der Waals surface area contributed by atoms with Crippen LogP contribution in [-0.4, -0.2) is 62.9 Å². The Morgan fingerprint density at radius 3 is 2.28 bits per heavy atom. The molecule has 2 aliphatic rings. The van der Waals surface area contributed by atoms with E-state index in [-0.39, 0.29) is 23.5 Å². The number of hydrogen-bond acceptors (Lipinski definition) is 4. The van der Waals surface area contributed by atoms with Gasteiger partial charge >= 0.3 is 0 Å². The molecule has 1 amide bonds. The summed E-state index contributed by atoms with van der Waals surface area (Å²) in [5.41, 5.74) is -0.170. The van der Waals surface area contributed by atoms with E-state index in [1.54, 1.807) is 4.90 Å². The molecule has 0 bridgehead atoms. The van der Waals surface area contributed by atoms with Gasteiger partial charge in [-0.05, 0) is 31.0 Å². The normalized spacial score (nSPS) is 20.3. The van der Waals surface area contributed by atoms with Gasteiger partial charge in [-0.2, -0.15) is 4.31 Å². The highest BCUT2D eigenvalue weighted by atomic mass is 32.2. The average molecular weight is 370 g/mol. The first-order chi connectivity index (χ1) is 12.0. The third kappa shape index (κ3) is 4.02. The summed E-state index contributed by atoms with van der Waals surface area (Å²) in [7, 11) is -3.76. The van der Waals surface area contributed by atoms with E-state index in [0.717, 1.165) is 31.7 Å². The van der Waals surface area contributed by atoms with Crippen molar-refractivity contribution in [3.05, 3.63) is 29.6 Å². The van der Waals surface area contributed by atoms with Crippen molar-refractivity contribution in [2.75, 3.05) is 39.4 Å². The smallest absolute Gasteiger partial charge is 0.256 e. The molecule has 138 valence electrons. The van der Waals surface area contributed by atoms with Crippen LogP contribution in [0.5, 0.6) is 0 Å². The largest absolute Gasteiger partial charge is 0.379 e. The third-order valence-electron chi connectivity index (χ3n) is 4.67. The Labute approximate surface area is 147 Å². The number of carbonyl (C=O) groups is 1.